The van der Waals surface area contributed by atoms with Crippen LogP contribution in [0.4, 0.5) is 0 Å². The fourth-order valence-electron chi connectivity index (χ4n) is 4.06. The number of hydrogen-bond donors (Lipinski definition) is 1. The molecule has 1 N–H and O–H groups in total. The van der Waals surface area contributed by atoms with Crippen LogP contribution in [0.15, 0.2) is 12.4 Å². The lowest BCUT2D eigenvalue weighted by atomic mass is 9.99. The minimum Gasteiger partial charge on any atom is -0.390 e. The molecule has 0 radical (unpaired) electrons. The Bertz CT molecular complexity index is 485. The van der Waals surface area contributed by atoms with Gasteiger partial charge in [-0.3, -0.25) is 9.80 Å². The molecule has 2 saturated heterocycles. The van der Waals surface area contributed by atoms with Gasteiger partial charge in [0, 0.05) is 50.1 Å². The summed E-state index contributed by atoms with van der Waals surface area (Å²) in [5.74, 6) is 0.932. The van der Waals surface area contributed by atoms with Crippen molar-refractivity contribution >= 4 is 0 Å². The van der Waals surface area contributed by atoms with Gasteiger partial charge in [0.05, 0.1) is 6.10 Å². The first-order valence-corrected chi connectivity index (χ1v) is 9.70. The molecular formula is C19H32N4O. The van der Waals surface area contributed by atoms with Gasteiger partial charge in [-0.1, -0.05) is 19.8 Å². The van der Waals surface area contributed by atoms with E-state index >= 15 is 0 Å². The normalized spacial score (nSPS) is 27.1. The lowest BCUT2D eigenvalue weighted by Crippen LogP contribution is -2.54. The fraction of sp³-hybridized carbons (Fsp3) is 0.789. The summed E-state index contributed by atoms with van der Waals surface area (Å²) in [6.45, 7) is 7.12. The van der Waals surface area contributed by atoms with Gasteiger partial charge in [-0.2, -0.15) is 0 Å². The second-order valence-electron chi connectivity index (χ2n) is 7.37. The first kappa shape index (κ1) is 17.8. The van der Waals surface area contributed by atoms with Crippen molar-refractivity contribution < 1.29 is 5.11 Å². The van der Waals surface area contributed by atoms with Gasteiger partial charge in [0.15, 0.2) is 0 Å². The predicted octanol–water partition coefficient (Wildman–Crippen LogP) is 2.24. The van der Waals surface area contributed by atoms with Gasteiger partial charge in [0.1, 0.15) is 5.82 Å². The molecule has 1 aromatic rings. The van der Waals surface area contributed by atoms with Crippen LogP contribution in [-0.2, 0) is 13.0 Å². The summed E-state index contributed by atoms with van der Waals surface area (Å²) in [6.07, 6.45) is 12.0. The third-order valence-electron chi connectivity index (χ3n) is 5.38. The van der Waals surface area contributed by atoms with Crippen molar-refractivity contribution in [3.8, 4) is 0 Å². The van der Waals surface area contributed by atoms with E-state index in [1.54, 1.807) is 0 Å². The molecule has 2 aliphatic heterocycles. The van der Waals surface area contributed by atoms with Gasteiger partial charge >= 0.3 is 0 Å². The number of likely N-dealkylation sites (tertiary alicyclic amines) is 2. The molecule has 0 amide bonds. The van der Waals surface area contributed by atoms with Crippen LogP contribution >= 0.6 is 0 Å². The van der Waals surface area contributed by atoms with Crippen LogP contribution in [0.1, 0.15) is 56.8 Å². The molecule has 0 aliphatic carbocycles. The second kappa shape index (κ2) is 8.88. The number of aliphatic hydroxyl groups excluding tert-OH is 1. The number of aromatic nitrogens is 2. The molecule has 0 saturated carbocycles. The standard InChI is InChI=1S/C19H32N4O/c1-2-7-19-20-12-16(13-21-19)14-22-11-8-17(18(24)15-22)23-9-5-3-4-6-10-23/h12-13,17-18,24H,2-11,14-15H2,1H3/t17-,18-/m1/s1. The molecule has 5 nitrogen and oxygen atoms in total. The summed E-state index contributed by atoms with van der Waals surface area (Å²) >= 11 is 0. The van der Waals surface area contributed by atoms with Crippen molar-refractivity contribution in [1.29, 1.82) is 0 Å². The second-order valence-corrected chi connectivity index (χ2v) is 7.37. The highest BCUT2D eigenvalue weighted by Crippen LogP contribution is 2.22. The Morgan fingerprint density at radius 1 is 1.08 bits per heavy atom. The summed E-state index contributed by atoms with van der Waals surface area (Å²) in [5.41, 5.74) is 1.15. The van der Waals surface area contributed by atoms with E-state index in [-0.39, 0.29) is 6.10 Å². The first-order valence-electron chi connectivity index (χ1n) is 9.70. The largest absolute Gasteiger partial charge is 0.390 e. The Hall–Kier alpha value is -1.04. The van der Waals surface area contributed by atoms with E-state index in [1.165, 1.54) is 25.7 Å². The van der Waals surface area contributed by atoms with Crippen molar-refractivity contribution in [2.75, 3.05) is 26.2 Å². The molecule has 1 aromatic heterocycles. The van der Waals surface area contributed by atoms with Crippen molar-refractivity contribution in [3.63, 3.8) is 0 Å². The molecule has 2 aliphatic rings. The van der Waals surface area contributed by atoms with Crippen molar-refractivity contribution in [1.82, 2.24) is 19.8 Å². The Labute approximate surface area is 146 Å². The number of β-amino-alcohol motifs (C(OH)–C–C–N with tert-alkyl or cyclic N) is 1. The first-order chi connectivity index (χ1) is 11.8. The van der Waals surface area contributed by atoms with Gasteiger partial charge in [-0.05, 0) is 38.8 Å². The molecule has 0 aromatic carbocycles. The maximum Gasteiger partial charge on any atom is 0.128 e. The SMILES string of the molecule is CCCc1ncc(CN2CC[C@@H](N3CCCCCC3)[C@H](O)C2)cn1. The molecule has 0 bridgehead atoms. The van der Waals surface area contributed by atoms with Gasteiger partial charge in [0.2, 0.25) is 0 Å². The van der Waals surface area contributed by atoms with E-state index in [4.69, 9.17) is 0 Å². The zero-order valence-corrected chi connectivity index (χ0v) is 15.0. The van der Waals surface area contributed by atoms with Crippen LogP contribution < -0.4 is 0 Å². The van der Waals surface area contributed by atoms with E-state index in [0.717, 1.165) is 63.4 Å². The molecule has 3 heterocycles. The third-order valence-corrected chi connectivity index (χ3v) is 5.38. The van der Waals surface area contributed by atoms with Gasteiger partial charge in [-0.15, -0.1) is 0 Å². The molecule has 2 atom stereocenters. The molecule has 3 rings (SSSR count). The summed E-state index contributed by atoms with van der Waals surface area (Å²) < 4.78 is 0. The molecular weight excluding hydrogens is 300 g/mol. The quantitative estimate of drug-likeness (QED) is 0.896. The van der Waals surface area contributed by atoms with E-state index in [9.17, 15) is 5.11 Å². The Morgan fingerprint density at radius 3 is 2.42 bits per heavy atom. The van der Waals surface area contributed by atoms with Crippen LogP contribution in [0.2, 0.25) is 0 Å². The molecule has 134 valence electrons. The number of hydrogen-bond acceptors (Lipinski definition) is 5. The Kier molecular flexibility index (Phi) is 6.58. The van der Waals surface area contributed by atoms with E-state index in [0.29, 0.717) is 6.04 Å². The smallest absolute Gasteiger partial charge is 0.128 e. The monoisotopic (exact) mass is 332 g/mol. The maximum absolute atomic E-state index is 10.7. The van der Waals surface area contributed by atoms with Gasteiger partial charge < -0.3 is 5.11 Å². The number of piperidine rings is 1. The zero-order valence-electron chi connectivity index (χ0n) is 15.0. The minimum absolute atomic E-state index is 0.239. The van der Waals surface area contributed by atoms with E-state index < -0.39 is 0 Å². The summed E-state index contributed by atoms with van der Waals surface area (Å²) in [7, 11) is 0. The number of rotatable bonds is 5. The highest BCUT2D eigenvalue weighted by Gasteiger charge is 2.32. The summed E-state index contributed by atoms with van der Waals surface area (Å²) in [6, 6.07) is 0.350. The van der Waals surface area contributed by atoms with Crippen molar-refractivity contribution in [2.45, 2.75) is 70.6 Å². The van der Waals surface area contributed by atoms with Gasteiger partial charge in [0.25, 0.3) is 0 Å². The summed E-state index contributed by atoms with van der Waals surface area (Å²) in [4.78, 5) is 13.8. The number of aryl methyl sites for hydroxylation is 1. The Balaban J connectivity index is 1.51. The lowest BCUT2D eigenvalue weighted by Gasteiger charge is -2.41. The van der Waals surface area contributed by atoms with Crippen LogP contribution in [0.3, 0.4) is 0 Å². The molecule has 24 heavy (non-hydrogen) atoms. The molecule has 2 fully saturated rings. The van der Waals surface area contributed by atoms with Crippen LogP contribution in [0.5, 0.6) is 0 Å². The highest BCUT2D eigenvalue weighted by atomic mass is 16.3. The van der Waals surface area contributed by atoms with Gasteiger partial charge in [-0.25, -0.2) is 9.97 Å². The maximum atomic E-state index is 10.7. The zero-order chi connectivity index (χ0) is 16.8. The van der Waals surface area contributed by atoms with Crippen molar-refractivity contribution in [3.05, 3.63) is 23.8 Å². The molecule has 0 unspecified atom stereocenters. The minimum atomic E-state index is -0.239. The predicted molar refractivity (Wildman–Crippen MR) is 95.8 cm³/mol. The lowest BCUT2D eigenvalue weighted by molar-refractivity contribution is -0.0144. The van der Waals surface area contributed by atoms with E-state index in [2.05, 4.69) is 26.7 Å². The third kappa shape index (κ3) is 4.74. The topological polar surface area (TPSA) is 52.5 Å². The van der Waals surface area contributed by atoms with E-state index in [1.807, 2.05) is 12.4 Å². The van der Waals surface area contributed by atoms with Crippen LogP contribution in [0.25, 0.3) is 0 Å². The molecule has 0 spiro atoms. The fourth-order valence-corrected chi connectivity index (χ4v) is 4.06. The molecule has 5 heteroatoms. The average Bonchev–Trinajstić information content (AvgIpc) is 2.86. The van der Waals surface area contributed by atoms with Crippen molar-refractivity contribution in [2.24, 2.45) is 0 Å². The number of nitrogens with zero attached hydrogens (tertiary/aromatic N) is 4. The highest BCUT2D eigenvalue weighted by molar-refractivity contribution is 5.06. The van der Waals surface area contributed by atoms with Crippen LogP contribution in [0, 0.1) is 0 Å². The Morgan fingerprint density at radius 2 is 1.79 bits per heavy atom. The summed E-state index contributed by atoms with van der Waals surface area (Å²) in [5, 5.41) is 10.7. The average molecular weight is 332 g/mol. The van der Waals surface area contributed by atoms with Crippen LogP contribution in [-0.4, -0.2) is 63.2 Å². The number of aliphatic hydroxyl groups is 1.